The number of hydrogen-bond donors (Lipinski definition) is 2. The zero-order valence-electron chi connectivity index (χ0n) is 9.78. The minimum atomic E-state index is 0.470. The maximum absolute atomic E-state index is 4.27. The summed E-state index contributed by atoms with van der Waals surface area (Å²) in [5.41, 5.74) is 0. The Labute approximate surface area is 90.9 Å². The molecular formula is C10H19N5. The second-order valence-corrected chi connectivity index (χ2v) is 3.71. The molecule has 1 heterocycles. The summed E-state index contributed by atoms with van der Waals surface area (Å²) in [7, 11) is 5.93. The molecule has 0 fully saturated rings. The van der Waals surface area contributed by atoms with Crippen molar-refractivity contribution in [2.75, 3.05) is 38.3 Å². The van der Waals surface area contributed by atoms with Crippen LogP contribution in [0.1, 0.15) is 6.92 Å². The number of aromatic nitrogens is 2. The lowest BCUT2D eigenvalue weighted by atomic mass is 10.3. The molecule has 0 radical (unpaired) electrons. The van der Waals surface area contributed by atoms with Crippen LogP contribution in [-0.4, -0.2) is 48.6 Å². The van der Waals surface area contributed by atoms with E-state index in [9.17, 15) is 0 Å². The van der Waals surface area contributed by atoms with E-state index in [-0.39, 0.29) is 0 Å². The molecule has 5 nitrogen and oxygen atoms in total. The Kier molecular flexibility index (Phi) is 4.30. The first-order valence-corrected chi connectivity index (χ1v) is 5.04. The number of nitrogens with zero attached hydrogens (tertiary/aromatic N) is 3. The van der Waals surface area contributed by atoms with Crippen molar-refractivity contribution < 1.29 is 0 Å². The predicted molar refractivity (Wildman–Crippen MR) is 63.2 cm³/mol. The second-order valence-electron chi connectivity index (χ2n) is 3.71. The lowest BCUT2D eigenvalue weighted by Gasteiger charge is -2.20. The van der Waals surface area contributed by atoms with Crippen molar-refractivity contribution in [1.82, 2.24) is 14.9 Å². The average molecular weight is 209 g/mol. The molecule has 1 unspecified atom stereocenters. The fraction of sp³-hybridized carbons (Fsp3) is 0.600. The van der Waals surface area contributed by atoms with Gasteiger partial charge in [-0.15, -0.1) is 0 Å². The fourth-order valence-corrected chi connectivity index (χ4v) is 1.01. The highest BCUT2D eigenvalue weighted by Crippen LogP contribution is 2.05. The lowest BCUT2D eigenvalue weighted by Crippen LogP contribution is -2.31. The van der Waals surface area contributed by atoms with Crippen LogP contribution in [0.15, 0.2) is 12.3 Å². The highest BCUT2D eigenvalue weighted by molar-refractivity contribution is 5.39. The van der Waals surface area contributed by atoms with Crippen LogP contribution in [0, 0.1) is 0 Å². The topological polar surface area (TPSA) is 53.1 Å². The highest BCUT2D eigenvalue weighted by atomic mass is 15.2. The van der Waals surface area contributed by atoms with E-state index in [0.29, 0.717) is 12.0 Å². The summed E-state index contributed by atoms with van der Waals surface area (Å²) < 4.78 is 0. The molecule has 2 N–H and O–H groups in total. The molecule has 5 heteroatoms. The standard InChI is InChI=1S/C10H19N5/c1-8(15(3)4)7-13-9-5-6-12-10(11-2)14-9/h5-6,8H,7H2,1-4H3,(H2,11,12,13,14). The minimum Gasteiger partial charge on any atom is -0.368 e. The summed E-state index contributed by atoms with van der Waals surface area (Å²) in [6, 6.07) is 2.33. The second kappa shape index (κ2) is 5.50. The Balaban J connectivity index is 2.50. The minimum absolute atomic E-state index is 0.470. The predicted octanol–water partition coefficient (Wildman–Crippen LogP) is 0.880. The maximum atomic E-state index is 4.27. The number of nitrogens with one attached hydrogen (secondary N) is 2. The first-order chi connectivity index (χ1) is 7.13. The van der Waals surface area contributed by atoms with E-state index in [1.165, 1.54) is 0 Å². The van der Waals surface area contributed by atoms with Gasteiger partial charge >= 0.3 is 0 Å². The van der Waals surface area contributed by atoms with Gasteiger partial charge in [0.05, 0.1) is 0 Å². The van der Waals surface area contributed by atoms with Crippen LogP contribution in [0.2, 0.25) is 0 Å². The number of likely N-dealkylation sites (N-methyl/N-ethyl adjacent to an activating group) is 1. The Hall–Kier alpha value is -1.36. The molecule has 0 amide bonds. The Morgan fingerprint density at radius 1 is 1.47 bits per heavy atom. The molecule has 0 saturated carbocycles. The van der Waals surface area contributed by atoms with Crippen molar-refractivity contribution in [3.63, 3.8) is 0 Å². The van der Waals surface area contributed by atoms with Gasteiger partial charge in [0.2, 0.25) is 5.95 Å². The molecule has 1 aromatic rings. The SMILES string of the molecule is CNc1nccc(NCC(C)N(C)C)n1. The van der Waals surface area contributed by atoms with E-state index >= 15 is 0 Å². The summed E-state index contributed by atoms with van der Waals surface area (Å²) in [5.74, 6) is 1.49. The van der Waals surface area contributed by atoms with Gasteiger partial charge in [-0.3, -0.25) is 0 Å². The molecule has 1 atom stereocenters. The highest BCUT2D eigenvalue weighted by Gasteiger charge is 2.04. The maximum Gasteiger partial charge on any atom is 0.224 e. The van der Waals surface area contributed by atoms with Gasteiger partial charge in [-0.25, -0.2) is 4.98 Å². The summed E-state index contributed by atoms with van der Waals surface area (Å²) in [6.07, 6.45) is 1.74. The molecule has 0 aliphatic rings. The number of anilines is 2. The largest absolute Gasteiger partial charge is 0.368 e. The van der Waals surface area contributed by atoms with Crippen molar-refractivity contribution in [3.05, 3.63) is 12.3 Å². The van der Waals surface area contributed by atoms with Crippen molar-refractivity contribution >= 4 is 11.8 Å². The summed E-state index contributed by atoms with van der Waals surface area (Å²) >= 11 is 0. The van der Waals surface area contributed by atoms with E-state index in [2.05, 4.69) is 46.5 Å². The van der Waals surface area contributed by atoms with Gasteiger partial charge in [-0.05, 0) is 27.1 Å². The fourth-order valence-electron chi connectivity index (χ4n) is 1.01. The normalized spacial score (nSPS) is 12.6. The molecule has 0 aliphatic heterocycles. The number of rotatable bonds is 5. The van der Waals surface area contributed by atoms with Gasteiger partial charge in [0, 0.05) is 25.8 Å². The number of hydrogen-bond acceptors (Lipinski definition) is 5. The zero-order valence-corrected chi connectivity index (χ0v) is 9.78. The average Bonchev–Trinajstić information content (AvgIpc) is 2.26. The van der Waals surface area contributed by atoms with Crippen molar-refractivity contribution in [2.24, 2.45) is 0 Å². The third-order valence-electron chi connectivity index (χ3n) is 2.34. The van der Waals surface area contributed by atoms with Gasteiger partial charge < -0.3 is 15.5 Å². The van der Waals surface area contributed by atoms with Gasteiger partial charge in [0.15, 0.2) is 0 Å². The van der Waals surface area contributed by atoms with Crippen LogP contribution in [0.5, 0.6) is 0 Å². The van der Waals surface area contributed by atoms with E-state index in [1.807, 2.05) is 13.1 Å². The lowest BCUT2D eigenvalue weighted by molar-refractivity contribution is 0.326. The molecular weight excluding hydrogens is 190 g/mol. The van der Waals surface area contributed by atoms with Gasteiger partial charge in [-0.1, -0.05) is 0 Å². The molecule has 1 rings (SSSR count). The smallest absolute Gasteiger partial charge is 0.224 e. The molecule has 84 valence electrons. The van der Waals surface area contributed by atoms with Crippen LogP contribution in [0.3, 0.4) is 0 Å². The molecule has 0 aliphatic carbocycles. The van der Waals surface area contributed by atoms with E-state index < -0.39 is 0 Å². The summed E-state index contributed by atoms with van der Waals surface area (Å²) in [6.45, 7) is 3.03. The molecule has 0 spiro atoms. The van der Waals surface area contributed by atoms with Crippen molar-refractivity contribution in [3.8, 4) is 0 Å². The third kappa shape index (κ3) is 3.71. The third-order valence-corrected chi connectivity index (χ3v) is 2.34. The van der Waals surface area contributed by atoms with Crippen LogP contribution in [0.25, 0.3) is 0 Å². The molecule has 0 saturated heterocycles. The Morgan fingerprint density at radius 3 is 2.80 bits per heavy atom. The van der Waals surface area contributed by atoms with Crippen molar-refractivity contribution in [1.29, 1.82) is 0 Å². The van der Waals surface area contributed by atoms with E-state index in [4.69, 9.17) is 0 Å². The molecule has 0 aromatic carbocycles. The first kappa shape index (κ1) is 11.7. The van der Waals surface area contributed by atoms with Gasteiger partial charge in [-0.2, -0.15) is 4.98 Å². The summed E-state index contributed by atoms with van der Waals surface area (Å²) in [5, 5.41) is 6.17. The quantitative estimate of drug-likeness (QED) is 0.754. The van der Waals surface area contributed by atoms with E-state index in [0.717, 1.165) is 12.4 Å². The summed E-state index contributed by atoms with van der Waals surface area (Å²) in [4.78, 5) is 10.5. The van der Waals surface area contributed by atoms with Gasteiger partial charge in [0.25, 0.3) is 0 Å². The monoisotopic (exact) mass is 209 g/mol. The molecule has 15 heavy (non-hydrogen) atoms. The van der Waals surface area contributed by atoms with E-state index in [1.54, 1.807) is 6.20 Å². The van der Waals surface area contributed by atoms with Crippen molar-refractivity contribution in [2.45, 2.75) is 13.0 Å². The molecule has 1 aromatic heterocycles. The zero-order chi connectivity index (χ0) is 11.3. The van der Waals surface area contributed by atoms with Gasteiger partial charge in [0.1, 0.15) is 5.82 Å². The Bertz CT molecular complexity index is 300. The first-order valence-electron chi connectivity index (χ1n) is 5.04. The van der Waals surface area contributed by atoms with Crippen LogP contribution in [-0.2, 0) is 0 Å². The Morgan fingerprint density at radius 2 is 2.20 bits per heavy atom. The van der Waals surface area contributed by atoms with Crippen LogP contribution >= 0.6 is 0 Å². The molecule has 0 bridgehead atoms. The van der Waals surface area contributed by atoms with Crippen LogP contribution < -0.4 is 10.6 Å². The van der Waals surface area contributed by atoms with Crippen LogP contribution in [0.4, 0.5) is 11.8 Å².